The number of carboxylic acid groups (broad SMARTS) is 2. The van der Waals surface area contributed by atoms with Gasteiger partial charge in [0.1, 0.15) is 11.4 Å². The van der Waals surface area contributed by atoms with Crippen molar-refractivity contribution in [2.45, 2.75) is 81.1 Å². The summed E-state index contributed by atoms with van der Waals surface area (Å²) in [6.07, 6.45) is 0.535. The molecule has 0 saturated carbocycles. The molecule has 0 saturated heterocycles. The quantitative estimate of drug-likeness (QED) is 0.0675. The molecule has 4 aromatic rings. The normalized spacial score (nSPS) is 11.8. The lowest BCUT2D eigenvalue weighted by Gasteiger charge is -2.04. The van der Waals surface area contributed by atoms with Crippen LogP contribution in [0.1, 0.15) is 70.2 Å². The average molecular weight is 765 g/mol. The molecule has 0 heterocycles. The van der Waals surface area contributed by atoms with E-state index in [1.54, 1.807) is 0 Å². The summed E-state index contributed by atoms with van der Waals surface area (Å²) in [4.78, 5) is 34.0. The smallest absolute Gasteiger partial charge is 0.316 e. The van der Waals surface area contributed by atoms with Crippen molar-refractivity contribution in [2.75, 3.05) is 10.6 Å². The van der Waals surface area contributed by atoms with Crippen molar-refractivity contribution in [2.24, 2.45) is 32.9 Å². The first-order chi connectivity index (χ1) is 26.3. The van der Waals surface area contributed by atoms with Crippen molar-refractivity contribution in [3.8, 4) is 0 Å². The SMILES string of the molecule is Cc1cc(C)cc(N=C(N)/[NH+]=C(\N)Nc2cc(C)cc(C)c2)c1.Cc1cc(C)cc(N=C(N)/[NH+]=C(\N)Nc2cc(C)cc(C)c2)c1.O=C([O-])CCCCC(=O)[O-]. The second kappa shape index (κ2) is 22.5. The van der Waals surface area contributed by atoms with Gasteiger partial charge < -0.3 is 42.7 Å². The molecule has 4 aromatic carbocycles. The van der Waals surface area contributed by atoms with E-state index in [9.17, 15) is 19.8 Å². The third-order valence-corrected chi connectivity index (χ3v) is 7.45. The molecule has 298 valence electrons. The fourth-order valence-corrected chi connectivity index (χ4v) is 5.65. The molecular formula is C42H56N10O4. The number of carboxylic acids is 2. The highest BCUT2D eigenvalue weighted by atomic mass is 16.4. The fourth-order valence-electron chi connectivity index (χ4n) is 5.65. The van der Waals surface area contributed by atoms with Crippen LogP contribution in [0.4, 0.5) is 22.7 Å². The number of nitrogens with zero attached hydrogens (tertiary/aromatic N) is 2. The third kappa shape index (κ3) is 19.4. The van der Waals surface area contributed by atoms with Gasteiger partial charge in [0.15, 0.2) is 0 Å². The number of hydrogen-bond acceptors (Lipinski definition) is 6. The molecule has 4 rings (SSSR count). The fraction of sp³-hybridized carbons (Fsp3) is 0.286. The summed E-state index contributed by atoms with van der Waals surface area (Å²) in [6.45, 7) is 16.3. The monoisotopic (exact) mass is 764 g/mol. The van der Waals surface area contributed by atoms with E-state index in [0.717, 1.165) is 67.3 Å². The summed E-state index contributed by atoms with van der Waals surface area (Å²) in [5.74, 6) is -1.13. The van der Waals surface area contributed by atoms with E-state index < -0.39 is 11.9 Å². The number of carbonyl (C=O) groups is 2. The maximum atomic E-state index is 9.77. The largest absolute Gasteiger partial charge is 0.550 e. The van der Waals surface area contributed by atoms with E-state index in [4.69, 9.17) is 22.9 Å². The highest BCUT2D eigenvalue weighted by molar-refractivity contribution is 5.92. The van der Waals surface area contributed by atoms with Crippen LogP contribution in [-0.2, 0) is 9.59 Å². The number of nitrogens with one attached hydrogen (secondary N) is 4. The number of hydrogen-bond donors (Lipinski definition) is 8. The predicted molar refractivity (Wildman–Crippen MR) is 222 cm³/mol. The molecule has 0 aliphatic carbocycles. The summed E-state index contributed by atoms with van der Waals surface area (Å²) >= 11 is 0. The number of nitrogens with two attached hydrogens (primary N) is 4. The van der Waals surface area contributed by atoms with Crippen LogP contribution in [-0.4, -0.2) is 35.8 Å². The van der Waals surface area contributed by atoms with Crippen molar-refractivity contribution in [1.82, 2.24) is 0 Å². The van der Waals surface area contributed by atoms with Crippen LogP contribution in [0.3, 0.4) is 0 Å². The molecule has 0 spiro atoms. The standard InChI is InChI=1S/2C18H23N5.C6H10O4/c2*1-11-5-12(2)8-15(7-11)21-17(19)23-18(20)22-16-9-13(3)6-14(4)10-16;7-5(8)3-1-2-4-6(9)10/h2*5-10H,1-4H3,(H5,19,20,21,22,23);1-4H2,(H,7,8)(H,9,10). The van der Waals surface area contributed by atoms with Gasteiger partial charge in [-0.1, -0.05) is 24.3 Å². The number of guanidine groups is 4. The van der Waals surface area contributed by atoms with Gasteiger partial charge in [0.2, 0.25) is 0 Å². The molecule has 0 aliphatic rings. The lowest BCUT2D eigenvalue weighted by Crippen LogP contribution is -2.83. The Morgan fingerprint density at radius 1 is 0.482 bits per heavy atom. The third-order valence-electron chi connectivity index (χ3n) is 7.45. The summed E-state index contributed by atoms with van der Waals surface area (Å²) in [5.41, 5.74) is 36.4. The van der Waals surface area contributed by atoms with Crippen molar-refractivity contribution < 1.29 is 29.8 Å². The van der Waals surface area contributed by atoms with Crippen molar-refractivity contribution in [3.05, 3.63) is 117 Å². The van der Waals surface area contributed by atoms with Crippen LogP contribution in [0.2, 0.25) is 0 Å². The van der Waals surface area contributed by atoms with Gasteiger partial charge >= 0.3 is 11.9 Å². The van der Waals surface area contributed by atoms with Crippen molar-refractivity contribution in [3.63, 3.8) is 0 Å². The first-order valence-corrected chi connectivity index (χ1v) is 18.0. The molecule has 56 heavy (non-hydrogen) atoms. The molecular weight excluding hydrogens is 709 g/mol. The molecule has 0 aliphatic heterocycles. The Balaban J connectivity index is 0.000000314. The summed E-state index contributed by atoms with van der Waals surface area (Å²) in [6, 6.07) is 24.3. The Kier molecular flexibility index (Phi) is 18.3. The summed E-state index contributed by atoms with van der Waals surface area (Å²) < 4.78 is 0. The van der Waals surface area contributed by atoms with Crippen LogP contribution < -0.4 is 53.8 Å². The van der Waals surface area contributed by atoms with Gasteiger partial charge in [-0.3, -0.25) is 10.6 Å². The Hall–Kier alpha value is -6.70. The summed E-state index contributed by atoms with van der Waals surface area (Å²) in [5, 5.41) is 25.7. The minimum absolute atomic E-state index is 0.0761. The van der Waals surface area contributed by atoms with Crippen molar-refractivity contribution in [1.29, 1.82) is 0 Å². The molecule has 0 bridgehead atoms. The second-order valence-electron chi connectivity index (χ2n) is 13.7. The summed E-state index contributed by atoms with van der Waals surface area (Å²) in [7, 11) is 0. The van der Waals surface area contributed by atoms with Crippen molar-refractivity contribution >= 4 is 58.5 Å². The zero-order valence-electron chi connectivity index (χ0n) is 33.6. The van der Waals surface area contributed by atoms with Crippen LogP contribution in [0.15, 0.2) is 82.8 Å². The molecule has 0 amide bonds. The number of rotatable bonds is 9. The number of aliphatic imine (C=N–C) groups is 2. The number of benzene rings is 4. The first kappa shape index (κ1) is 45.5. The number of anilines is 2. The van der Waals surface area contributed by atoms with Crippen LogP contribution in [0, 0.1) is 55.4 Å². The van der Waals surface area contributed by atoms with E-state index in [1.807, 2.05) is 104 Å². The molecule has 12 N–H and O–H groups in total. The van der Waals surface area contributed by atoms with Crippen LogP contribution in [0.25, 0.3) is 0 Å². The van der Waals surface area contributed by atoms with E-state index in [1.165, 1.54) is 0 Å². The molecule has 0 atom stereocenters. The predicted octanol–water partition coefficient (Wildman–Crippen LogP) is 0.794. The average Bonchev–Trinajstić information content (AvgIpc) is 3.01. The Bertz CT molecular complexity index is 1880. The zero-order valence-corrected chi connectivity index (χ0v) is 33.6. The lowest BCUT2D eigenvalue weighted by molar-refractivity contribution is -0.320. The minimum atomic E-state index is -1.14. The maximum Gasteiger partial charge on any atom is 0.316 e. The molecule has 14 heteroatoms. The van der Waals surface area contributed by atoms with Gasteiger partial charge in [0, 0.05) is 11.9 Å². The number of unbranched alkanes of at least 4 members (excludes halogenated alkanes) is 1. The second-order valence-corrected chi connectivity index (χ2v) is 13.7. The molecule has 0 aromatic heterocycles. The van der Waals surface area contributed by atoms with Gasteiger partial charge in [-0.05, 0) is 174 Å². The highest BCUT2D eigenvalue weighted by Crippen LogP contribution is 2.18. The van der Waals surface area contributed by atoms with Crippen LogP contribution in [0.5, 0.6) is 0 Å². The van der Waals surface area contributed by atoms with Gasteiger partial charge in [-0.15, -0.1) is 9.98 Å². The number of aryl methyl sites for hydroxylation is 8. The Morgan fingerprint density at radius 3 is 0.982 bits per heavy atom. The van der Waals surface area contributed by atoms with Gasteiger partial charge in [0.05, 0.1) is 11.4 Å². The Morgan fingerprint density at radius 2 is 0.732 bits per heavy atom. The maximum absolute atomic E-state index is 9.77. The first-order valence-electron chi connectivity index (χ1n) is 18.0. The minimum Gasteiger partial charge on any atom is -0.550 e. The van der Waals surface area contributed by atoms with E-state index in [0.29, 0.717) is 24.8 Å². The van der Waals surface area contributed by atoms with E-state index >= 15 is 0 Å². The zero-order chi connectivity index (χ0) is 41.9. The van der Waals surface area contributed by atoms with Gasteiger partial charge in [-0.2, -0.15) is 0 Å². The van der Waals surface area contributed by atoms with E-state index in [-0.39, 0.29) is 24.8 Å². The van der Waals surface area contributed by atoms with E-state index in [2.05, 4.69) is 54.9 Å². The molecule has 0 radical (unpaired) electrons. The molecule has 14 nitrogen and oxygen atoms in total. The Labute approximate surface area is 329 Å². The van der Waals surface area contributed by atoms with Crippen LogP contribution >= 0.6 is 0 Å². The highest BCUT2D eigenvalue weighted by Gasteiger charge is 2.06. The number of carbonyl (C=O) groups excluding carboxylic acids is 2. The van der Waals surface area contributed by atoms with Gasteiger partial charge in [0.25, 0.3) is 11.9 Å². The molecule has 0 fully saturated rings. The van der Waals surface area contributed by atoms with Gasteiger partial charge in [-0.25, -0.2) is 9.98 Å². The lowest BCUT2D eigenvalue weighted by atomic mass is 10.1. The molecule has 0 unspecified atom stereocenters. The topological polar surface area (TPSA) is 261 Å². The number of aliphatic carboxylic acids is 2.